The number of hydrogen-bond acceptors (Lipinski definition) is 5. The summed E-state index contributed by atoms with van der Waals surface area (Å²) in [5, 5.41) is 2.96. The third kappa shape index (κ3) is 4.68. The number of anilines is 1. The van der Waals surface area contributed by atoms with Gasteiger partial charge in [0.1, 0.15) is 5.69 Å². The van der Waals surface area contributed by atoms with Gasteiger partial charge in [-0.1, -0.05) is 30.3 Å². The molecule has 0 unspecified atom stereocenters. The Balaban J connectivity index is 1.27. The fourth-order valence-electron chi connectivity index (χ4n) is 4.76. The van der Waals surface area contributed by atoms with E-state index in [0.29, 0.717) is 22.4 Å². The van der Waals surface area contributed by atoms with Crippen LogP contribution < -0.4 is 16.0 Å². The van der Waals surface area contributed by atoms with E-state index in [1.807, 2.05) is 13.0 Å². The predicted octanol–water partition coefficient (Wildman–Crippen LogP) is 4.55. The maximum absolute atomic E-state index is 13.2. The fourth-order valence-corrected chi connectivity index (χ4v) is 4.76. The van der Waals surface area contributed by atoms with Gasteiger partial charge in [-0.15, -0.1) is 0 Å². The Morgan fingerprint density at radius 2 is 1.86 bits per heavy atom. The summed E-state index contributed by atoms with van der Waals surface area (Å²) in [5.41, 5.74) is 9.11. The minimum atomic E-state index is -4.44. The van der Waals surface area contributed by atoms with Crippen LogP contribution in [-0.2, 0) is 17.5 Å². The Labute approximate surface area is 207 Å². The van der Waals surface area contributed by atoms with E-state index in [-0.39, 0.29) is 23.9 Å². The first-order valence-electron chi connectivity index (χ1n) is 11.8. The first kappa shape index (κ1) is 24.3. The topological polar surface area (TPSA) is 80.5 Å². The summed E-state index contributed by atoms with van der Waals surface area (Å²) in [6.07, 6.45) is -2.80. The maximum Gasteiger partial charge on any atom is 0.416 e. The largest absolute Gasteiger partial charge is 0.416 e. The summed E-state index contributed by atoms with van der Waals surface area (Å²) in [4.78, 5) is 19.3. The van der Waals surface area contributed by atoms with Gasteiger partial charge in [-0.3, -0.25) is 9.78 Å². The number of benzene rings is 2. The molecule has 2 aromatic carbocycles. The molecule has 2 aliphatic rings. The second-order valence-corrected chi connectivity index (χ2v) is 9.64. The van der Waals surface area contributed by atoms with E-state index in [9.17, 15) is 18.0 Å². The van der Waals surface area contributed by atoms with Gasteiger partial charge in [0.25, 0.3) is 5.91 Å². The molecular formula is C27H27F3N4O2. The summed E-state index contributed by atoms with van der Waals surface area (Å²) in [6, 6.07) is 14.0. The van der Waals surface area contributed by atoms with E-state index in [0.717, 1.165) is 49.7 Å². The number of carbonyl (C=O) groups is 1. The van der Waals surface area contributed by atoms with Gasteiger partial charge < -0.3 is 20.7 Å². The van der Waals surface area contributed by atoms with E-state index in [4.69, 9.17) is 10.5 Å². The summed E-state index contributed by atoms with van der Waals surface area (Å²) >= 11 is 0. The highest BCUT2D eigenvalue weighted by Crippen LogP contribution is 2.40. The second-order valence-electron chi connectivity index (χ2n) is 9.64. The van der Waals surface area contributed by atoms with Crippen LogP contribution in [0.15, 0.2) is 60.8 Å². The highest BCUT2D eigenvalue weighted by atomic mass is 19.4. The predicted molar refractivity (Wildman–Crippen MR) is 130 cm³/mol. The van der Waals surface area contributed by atoms with Gasteiger partial charge in [0.2, 0.25) is 0 Å². The van der Waals surface area contributed by atoms with E-state index < -0.39 is 11.7 Å². The molecule has 0 aliphatic carbocycles. The molecule has 1 spiro atoms. The number of alkyl halides is 3. The first-order chi connectivity index (χ1) is 17.2. The van der Waals surface area contributed by atoms with Crippen molar-refractivity contribution >= 4 is 11.6 Å². The van der Waals surface area contributed by atoms with E-state index in [1.165, 1.54) is 6.07 Å². The zero-order valence-corrected chi connectivity index (χ0v) is 19.8. The van der Waals surface area contributed by atoms with Crippen molar-refractivity contribution in [2.75, 3.05) is 31.2 Å². The van der Waals surface area contributed by atoms with Crippen molar-refractivity contribution < 1.29 is 22.7 Å². The van der Waals surface area contributed by atoms with Gasteiger partial charge in [-0.2, -0.15) is 13.2 Å². The fraction of sp³-hybridized carbons (Fsp3) is 0.333. The first-order valence-corrected chi connectivity index (χ1v) is 11.8. The molecule has 0 bridgehead atoms. The number of pyridine rings is 1. The standard InChI is InChI=1S/C27H27F3N4O2/c1-17(33-25(35)24-11-22(8-9-32-24)34-13-26(14-34)15-36-16-26)18-2-4-19(5-3-18)23-10-21(27(28,29)30)7-6-20(23)12-31/h2-11,17H,12-16,31H2,1H3,(H,33,35)/t17-/m1/s1. The van der Waals surface area contributed by atoms with Crippen molar-refractivity contribution in [3.05, 3.63) is 83.2 Å². The minimum Gasteiger partial charge on any atom is -0.380 e. The van der Waals surface area contributed by atoms with Crippen molar-refractivity contribution in [3.63, 3.8) is 0 Å². The Morgan fingerprint density at radius 3 is 2.47 bits per heavy atom. The van der Waals surface area contributed by atoms with E-state index in [2.05, 4.69) is 15.2 Å². The van der Waals surface area contributed by atoms with Crippen molar-refractivity contribution in [2.24, 2.45) is 11.1 Å². The lowest BCUT2D eigenvalue weighted by atomic mass is 9.78. The Hall–Kier alpha value is -3.43. The Morgan fingerprint density at radius 1 is 1.14 bits per heavy atom. The number of carbonyl (C=O) groups excluding carboxylic acids is 1. The Bertz CT molecular complexity index is 1260. The SMILES string of the molecule is C[C@@H](NC(=O)c1cc(N2CC3(COC3)C2)ccn1)c1ccc(-c2cc(C(F)(F)F)ccc2CN)cc1. The third-order valence-corrected chi connectivity index (χ3v) is 6.94. The van der Waals surface area contributed by atoms with Crippen LogP contribution in [0.1, 0.15) is 40.1 Å². The zero-order chi connectivity index (χ0) is 25.5. The molecule has 36 heavy (non-hydrogen) atoms. The van der Waals surface area contributed by atoms with Gasteiger partial charge >= 0.3 is 6.18 Å². The number of hydrogen-bond donors (Lipinski definition) is 2. The van der Waals surface area contributed by atoms with Crippen molar-refractivity contribution in [3.8, 4) is 11.1 Å². The van der Waals surface area contributed by atoms with Gasteiger partial charge in [0.15, 0.2) is 0 Å². The molecule has 1 atom stereocenters. The van der Waals surface area contributed by atoms with Crippen LogP contribution in [-0.4, -0.2) is 37.2 Å². The number of ether oxygens (including phenoxy) is 1. The van der Waals surface area contributed by atoms with E-state index >= 15 is 0 Å². The Kier molecular flexibility index (Phi) is 6.22. The van der Waals surface area contributed by atoms with Crippen LogP contribution in [0.3, 0.4) is 0 Å². The highest BCUT2D eigenvalue weighted by molar-refractivity contribution is 5.93. The van der Waals surface area contributed by atoms with Crippen LogP contribution in [0, 0.1) is 5.41 Å². The number of nitrogens with two attached hydrogens (primary N) is 1. The lowest BCUT2D eigenvalue weighted by molar-refractivity contribution is -0.137. The summed E-state index contributed by atoms with van der Waals surface area (Å²) < 4.78 is 45.0. The average Bonchev–Trinajstić information content (AvgIpc) is 2.81. The van der Waals surface area contributed by atoms with Crippen LogP contribution in [0.5, 0.6) is 0 Å². The molecule has 1 aromatic heterocycles. The summed E-state index contributed by atoms with van der Waals surface area (Å²) in [5.74, 6) is -0.293. The molecule has 2 saturated heterocycles. The smallest absolute Gasteiger partial charge is 0.380 e. The average molecular weight is 497 g/mol. The molecule has 2 fully saturated rings. The van der Waals surface area contributed by atoms with E-state index in [1.54, 1.807) is 36.5 Å². The molecule has 3 N–H and O–H groups in total. The molecule has 1 amide bonds. The molecular weight excluding hydrogens is 469 g/mol. The highest BCUT2D eigenvalue weighted by Gasteiger charge is 2.49. The number of halogens is 3. The quantitative estimate of drug-likeness (QED) is 0.523. The number of aromatic nitrogens is 1. The molecule has 3 heterocycles. The minimum absolute atomic E-state index is 0.125. The lowest BCUT2D eigenvalue weighted by Gasteiger charge is -2.56. The number of nitrogens with one attached hydrogen (secondary N) is 1. The molecule has 9 heteroatoms. The molecule has 0 radical (unpaired) electrons. The van der Waals surface area contributed by atoms with Gasteiger partial charge in [0.05, 0.1) is 30.2 Å². The van der Waals surface area contributed by atoms with Gasteiger partial charge in [-0.05, 0) is 53.4 Å². The second kappa shape index (κ2) is 9.22. The maximum atomic E-state index is 13.2. The molecule has 6 nitrogen and oxygen atoms in total. The van der Waals surface area contributed by atoms with Crippen molar-refractivity contribution in [1.29, 1.82) is 0 Å². The molecule has 5 rings (SSSR count). The lowest BCUT2D eigenvalue weighted by Crippen LogP contribution is -2.66. The zero-order valence-electron chi connectivity index (χ0n) is 19.8. The number of amides is 1. The van der Waals surface area contributed by atoms with Crippen molar-refractivity contribution in [2.45, 2.75) is 25.7 Å². The molecule has 2 aliphatic heterocycles. The van der Waals surface area contributed by atoms with Crippen LogP contribution in [0.4, 0.5) is 18.9 Å². The van der Waals surface area contributed by atoms with Gasteiger partial charge in [0, 0.05) is 31.5 Å². The normalized spacial score (nSPS) is 17.3. The van der Waals surface area contributed by atoms with Crippen molar-refractivity contribution in [1.82, 2.24) is 10.3 Å². The molecule has 0 saturated carbocycles. The monoisotopic (exact) mass is 496 g/mol. The number of rotatable bonds is 6. The van der Waals surface area contributed by atoms with Crippen LogP contribution in [0.25, 0.3) is 11.1 Å². The van der Waals surface area contributed by atoms with Crippen LogP contribution in [0.2, 0.25) is 0 Å². The third-order valence-electron chi connectivity index (χ3n) is 6.94. The number of nitrogens with zero attached hydrogens (tertiary/aromatic N) is 2. The summed E-state index contributed by atoms with van der Waals surface area (Å²) in [6.45, 7) is 5.39. The molecule has 188 valence electrons. The molecule has 3 aromatic rings. The summed E-state index contributed by atoms with van der Waals surface area (Å²) in [7, 11) is 0. The van der Waals surface area contributed by atoms with Crippen LogP contribution >= 0.6 is 0 Å². The van der Waals surface area contributed by atoms with Gasteiger partial charge in [-0.25, -0.2) is 0 Å².